The van der Waals surface area contributed by atoms with Gasteiger partial charge in [0.1, 0.15) is 11.6 Å². The molecule has 0 spiro atoms. The smallest absolute Gasteiger partial charge is 0.337 e. The maximum atomic E-state index is 12.1. The summed E-state index contributed by atoms with van der Waals surface area (Å²) in [5, 5.41) is 14.4. The van der Waals surface area contributed by atoms with E-state index in [1.807, 2.05) is 73.7 Å². The number of carbonyl (C=O) groups is 1. The molecule has 3 aromatic carbocycles. The summed E-state index contributed by atoms with van der Waals surface area (Å²) in [5.41, 5.74) is 10.9. The van der Waals surface area contributed by atoms with E-state index in [2.05, 4.69) is 44.3 Å². The first kappa shape index (κ1) is 28.0. The third kappa shape index (κ3) is 5.82. The van der Waals surface area contributed by atoms with Gasteiger partial charge in [0.25, 0.3) is 0 Å². The second kappa shape index (κ2) is 12.8. The molecule has 0 aliphatic carbocycles. The average molecular weight is 556 g/mol. The molecule has 0 amide bonds. The predicted molar refractivity (Wildman–Crippen MR) is 164 cm³/mol. The van der Waals surface area contributed by atoms with Crippen LogP contribution in [0.1, 0.15) is 32.7 Å². The molecule has 0 atom stereocenters. The lowest BCUT2D eigenvalue weighted by atomic mass is 10.1. The van der Waals surface area contributed by atoms with Gasteiger partial charge in [0.2, 0.25) is 0 Å². The van der Waals surface area contributed by atoms with E-state index in [-0.39, 0.29) is 0 Å². The summed E-state index contributed by atoms with van der Waals surface area (Å²) in [4.78, 5) is 16.6. The minimum atomic E-state index is -0.394. The standard InChI is InChI=1S/C34H29N5O3/c1-23-18-28(22-41-2)30(20-35)33(37-23)38-36-21-27-19-31(24-10-6-4-7-11-24)39(32(27)25-12-8-5-9-13-25)29-16-14-26(15-17-29)34(40)42-3/h4-19,21H,22H2,1-3H3,(H,37,38)/b36-21+. The maximum absolute atomic E-state index is 12.1. The van der Waals surface area contributed by atoms with Gasteiger partial charge >= 0.3 is 5.97 Å². The number of nitrogens with one attached hydrogen (secondary N) is 1. The molecule has 1 N–H and O–H groups in total. The van der Waals surface area contributed by atoms with Crippen LogP contribution in [0.3, 0.4) is 0 Å². The molecule has 42 heavy (non-hydrogen) atoms. The largest absolute Gasteiger partial charge is 0.465 e. The number of ether oxygens (including phenoxy) is 2. The van der Waals surface area contributed by atoms with Crippen LogP contribution in [0, 0.1) is 18.3 Å². The number of esters is 1. The van der Waals surface area contributed by atoms with Crippen molar-refractivity contribution < 1.29 is 14.3 Å². The van der Waals surface area contributed by atoms with Gasteiger partial charge in [0.05, 0.1) is 36.9 Å². The van der Waals surface area contributed by atoms with Gasteiger partial charge in [-0.2, -0.15) is 10.4 Å². The number of aryl methyl sites for hydroxylation is 1. The first-order valence-electron chi connectivity index (χ1n) is 13.3. The molecule has 2 heterocycles. The average Bonchev–Trinajstić information content (AvgIpc) is 3.41. The molecule has 0 saturated heterocycles. The zero-order valence-electron chi connectivity index (χ0n) is 23.5. The normalized spacial score (nSPS) is 10.9. The van der Waals surface area contributed by atoms with Crippen molar-refractivity contribution in [3.8, 4) is 34.3 Å². The van der Waals surface area contributed by atoms with Gasteiger partial charge in [-0.1, -0.05) is 60.7 Å². The number of nitriles is 1. The molecule has 208 valence electrons. The van der Waals surface area contributed by atoms with Crippen molar-refractivity contribution >= 4 is 18.0 Å². The number of benzene rings is 3. The van der Waals surface area contributed by atoms with Crippen molar-refractivity contribution in [2.75, 3.05) is 19.6 Å². The number of methoxy groups -OCH3 is 2. The molecule has 8 nitrogen and oxygen atoms in total. The molecule has 0 aliphatic rings. The van der Waals surface area contributed by atoms with Crippen LogP contribution in [0.5, 0.6) is 0 Å². The Kier molecular flexibility index (Phi) is 8.52. The van der Waals surface area contributed by atoms with Crippen LogP contribution in [-0.4, -0.2) is 36.0 Å². The minimum Gasteiger partial charge on any atom is -0.465 e. The van der Waals surface area contributed by atoms with E-state index in [9.17, 15) is 10.1 Å². The number of hydrogen-bond donors (Lipinski definition) is 1. The fraction of sp³-hybridized carbons (Fsp3) is 0.118. The van der Waals surface area contributed by atoms with E-state index >= 15 is 0 Å². The van der Waals surface area contributed by atoms with Crippen LogP contribution < -0.4 is 5.43 Å². The van der Waals surface area contributed by atoms with Crippen LogP contribution in [0.2, 0.25) is 0 Å². The summed E-state index contributed by atoms with van der Waals surface area (Å²) >= 11 is 0. The van der Waals surface area contributed by atoms with Crippen LogP contribution in [0.25, 0.3) is 28.2 Å². The quantitative estimate of drug-likeness (QED) is 0.122. The summed E-state index contributed by atoms with van der Waals surface area (Å²) in [6, 6.07) is 33.5. The lowest BCUT2D eigenvalue weighted by Crippen LogP contribution is -2.04. The summed E-state index contributed by atoms with van der Waals surface area (Å²) in [6.07, 6.45) is 1.73. The Morgan fingerprint density at radius 1 is 0.976 bits per heavy atom. The Morgan fingerprint density at radius 3 is 2.26 bits per heavy atom. The third-order valence-electron chi connectivity index (χ3n) is 6.71. The second-order valence-corrected chi connectivity index (χ2v) is 9.50. The predicted octanol–water partition coefficient (Wildman–Crippen LogP) is 6.77. The van der Waals surface area contributed by atoms with E-state index in [0.717, 1.165) is 45.0 Å². The Bertz CT molecular complexity index is 1770. The number of carbonyl (C=O) groups excluding carboxylic acids is 1. The highest BCUT2D eigenvalue weighted by Crippen LogP contribution is 2.35. The van der Waals surface area contributed by atoms with E-state index in [4.69, 9.17) is 9.47 Å². The first-order valence-corrected chi connectivity index (χ1v) is 13.3. The van der Waals surface area contributed by atoms with Gasteiger partial charge in [0.15, 0.2) is 5.82 Å². The zero-order valence-corrected chi connectivity index (χ0v) is 23.5. The lowest BCUT2D eigenvalue weighted by Gasteiger charge is -2.15. The van der Waals surface area contributed by atoms with Crippen LogP contribution >= 0.6 is 0 Å². The number of anilines is 1. The SMILES string of the molecule is COCc1cc(C)nc(N/N=C/c2cc(-c3ccccc3)n(-c3ccc(C(=O)OC)cc3)c2-c2ccccc2)c1C#N. The summed E-state index contributed by atoms with van der Waals surface area (Å²) in [6.45, 7) is 2.15. The fourth-order valence-corrected chi connectivity index (χ4v) is 4.85. The van der Waals surface area contributed by atoms with E-state index in [0.29, 0.717) is 23.6 Å². The summed E-state index contributed by atoms with van der Waals surface area (Å²) in [7, 11) is 2.96. The number of nitrogens with zero attached hydrogens (tertiary/aromatic N) is 4. The van der Waals surface area contributed by atoms with Crippen LogP contribution in [-0.2, 0) is 16.1 Å². The van der Waals surface area contributed by atoms with Gasteiger partial charge in [0, 0.05) is 29.6 Å². The third-order valence-corrected chi connectivity index (χ3v) is 6.71. The highest BCUT2D eigenvalue weighted by Gasteiger charge is 2.19. The number of rotatable bonds is 9. The van der Waals surface area contributed by atoms with Crippen molar-refractivity contribution in [1.29, 1.82) is 5.26 Å². The lowest BCUT2D eigenvalue weighted by molar-refractivity contribution is 0.0600. The van der Waals surface area contributed by atoms with E-state index in [1.165, 1.54) is 7.11 Å². The van der Waals surface area contributed by atoms with Crippen molar-refractivity contribution in [3.63, 3.8) is 0 Å². The van der Waals surface area contributed by atoms with Gasteiger partial charge in [-0.3, -0.25) is 5.43 Å². The molecule has 0 fully saturated rings. The van der Waals surface area contributed by atoms with Crippen LogP contribution in [0.4, 0.5) is 5.82 Å². The maximum Gasteiger partial charge on any atom is 0.337 e. The first-order chi connectivity index (χ1) is 20.5. The minimum absolute atomic E-state index is 0.293. The van der Waals surface area contributed by atoms with Crippen molar-refractivity contribution in [3.05, 3.63) is 125 Å². The Labute approximate surface area is 244 Å². The molecule has 8 heteroatoms. The topological polar surface area (TPSA) is 102 Å². The molecule has 0 unspecified atom stereocenters. The van der Waals surface area contributed by atoms with Crippen molar-refractivity contribution in [2.24, 2.45) is 5.10 Å². The number of hydrogen-bond acceptors (Lipinski definition) is 7. The highest BCUT2D eigenvalue weighted by atomic mass is 16.5. The van der Waals surface area contributed by atoms with Gasteiger partial charge in [-0.25, -0.2) is 9.78 Å². The molecular formula is C34H29N5O3. The molecule has 0 bridgehead atoms. The molecule has 5 aromatic rings. The van der Waals surface area contributed by atoms with Gasteiger partial charge in [-0.05, 0) is 54.4 Å². The van der Waals surface area contributed by atoms with Crippen molar-refractivity contribution in [2.45, 2.75) is 13.5 Å². The molecule has 0 saturated carbocycles. The molecule has 0 aliphatic heterocycles. The highest BCUT2D eigenvalue weighted by molar-refractivity contribution is 5.94. The van der Waals surface area contributed by atoms with Gasteiger partial charge < -0.3 is 14.0 Å². The number of hydrazone groups is 1. The Hall–Kier alpha value is -5.52. The molecule has 0 radical (unpaired) electrons. The summed E-state index contributed by atoms with van der Waals surface area (Å²) in [5.74, 6) is -0.0298. The van der Waals surface area contributed by atoms with Crippen LogP contribution in [0.15, 0.2) is 102 Å². The second-order valence-electron chi connectivity index (χ2n) is 9.50. The monoisotopic (exact) mass is 555 g/mol. The number of aromatic nitrogens is 2. The number of pyridine rings is 1. The molecule has 2 aromatic heterocycles. The van der Waals surface area contributed by atoms with Gasteiger partial charge in [-0.15, -0.1) is 0 Å². The van der Waals surface area contributed by atoms with E-state index < -0.39 is 5.97 Å². The summed E-state index contributed by atoms with van der Waals surface area (Å²) < 4.78 is 12.3. The Balaban J connectivity index is 1.66. The van der Waals surface area contributed by atoms with E-state index in [1.54, 1.807) is 25.5 Å². The van der Waals surface area contributed by atoms with Crippen molar-refractivity contribution in [1.82, 2.24) is 9.55 Å². The fourth-order valence-electron chi connectivity index (χ4n) is 4.85. The zero-order chi connectivity index (χ0) is 29.5. The molecular weight excluding hydrogens is 526 g/mol. The Morgan fingerprint density at radius 2 is 1.64 bits per heavy atom. The molecule has 5 rings (SSSR count).